The van der Waals surface area contributed by atoms with Crippen molar-refractivity contribution < 1.29 is 23.9 Å². The molecule has 0 aliphatic carbocycles. The molecule has 0 spiro atoms. The summed E-state index contributed by atoms with van der Waals surface area (Å²) in [4.78, 5) is 35.8. The highest BCUT2D eigenvalue weighted by Gasteiger charge is 2.13. The minimum atomic E-state index is -0.609. The first-order valence-electron chi connectivity index (χ1n) is 9.05. The second kappa shape index (κ2) is 11.1. The Morgan fingerprint density at radius 2 is 1.79 bits per heavy atom. The molecule has 29 heavy (non-hydrogen) atoms. The standard InChI is InChI=1S/C21H23ClN2O5/c1-3-14-6-4-5-7-17(14)24-19(25)12-23-20(26)13-29-21(27)11-15-10-16(22)8-9-18(15)28-2/h4-10H,3,11-13H2,1-2H3,(H,23,26)(H,24,25). The second-order valence-electron chi connectivity index (χ2n) is 6.13. The quantitative estimate of drug-likeness (QED) is 0.611. The fraction of sp³-hybridized carbons (Fsp3) is 0.286. The minimum absolute atomic E-state index is 0.0920. The molecule has 2 rings (SSSR count). The first-order chi connectivity index (χ1) is 13.9. The van der Waals surface area contributed by atoms with Crippen molar-refractivity contribution in [2.45, 2.75) is 19.8 Å². The number of para-hydroxylation sites is 1. The Hall–Kier alpha value is -3.06. The lowest BCUT2D eigenvalue weighted by Crippen LogP contribution is -2.35. The molecule has 0 saturated carbocycles. The molecule has 0 unspecified atom stereocenters. The number of ether oxygens (including phenoxy) is 2. The molecule has 2 aromatic carbocycles. The highest BCUT2D eigenvalue weighted by Crippen LogP contribution is 2.23. The highest BCUT2D eigenvalue weighted by molar-refractivity contribution is 6.30. The summed E-state index contributed by atoms with van der Waals surface area (Å²) in [6, 6.07) is 12.3. The Morgan fingerprint density at radius 3 is 2.52 bits per heavy atom. The molecule has 0 heterocycles. The van der Waals surface area contributed by atoms with Crippen LogP contribution in [-0.4, -0.2) is 38.0 Å². The van der Waals surface area contributed by atoms with Gasteiger partial charge in [-0.2, -0.15) is 0 Å². The first kappa shape index (κ1) is 22.2. The van der Waals surface area contributed by atoms with Crippen LogP contribution < -0.4 is 15.4 Å². The zero-order chi connectivity index (χ0) is 21.2. The molecule has 0 atom stereocenters. The zero-order valence-electron chi connectivity index (χ0n) is 16.3. The second-order valence-corrected chi connectivity index (χ2v) is 6.57. The van der Waals surface area contributed by atoms with Gasteiger partial charge in [0.2, 0.25) is 5.91 Å². The third-order valence-corrected chi connectivity index (χ3v) is 4.30. The van der Waals surface area contributed by atoms with Crippen LogP contribution in [0.15, 0.2) is 42.5 Å². The molecule has 2 amide bonds. The van der Waals surface area contributed by atoms with E-state index in [2.05, 4.69) is 10.6 Å². The van der Waals surface area contributed by atoms with E-state index in [0.717, 1.165) is 12.0 Å². The van der Waals surface area contributed by atoms with Gasteiger partial charge in [-0.1, -0.05) is 36.7 Å². The molecule has 0 aliphatic rings. The number of anilines is 1. The van der Waals surface area contributed by atoms with Crippen LogP contribution in [0.5, 0.6) is 5.75 Å². The van der Waals surface area contributed by atoms with Crippen molar-refractivity contribution in [1.29, 1.82) is 0 Å². The summed E-state index contributed by atoms with van der Waals surface area (Å²) < 4.78 is 10.1. The van der Waals surface area contributed by atoms with Crippen LogP contribution in [-0.2, 0) is 32.0 Å². The highest BCUT2D eigenvalue weighted by atomic mass is 35.5. The number of methoxy groups -OCH3 is 1. The fourth-order valence-electron chi connectivity index (χ4n) is 2.61. The van der Waals surface area contributed by atoms with Gasteiger partial charge in [0.15, 0.2) is 6.61 Å². The topological polar surface area (TPSA) is 93.7 Å². The van der Waals surface area contributed by atoms with E-state index in [4.69, 9.17) is 21.1 Å². The van der Waals surface area contributed by atoms with Crippen molar-refractivity contribution >= 4 is 35.1 Å². The summed E-state index contributed by atoms with van der Waals surface area (Å²) >= 11 is 5.92. The molecule has 8 heteroatoms. The average molecular weight is 419 g/mol. The molecular weight excluding hydrogens is 396 g/mol. The van der Waals surface area contributed by atoms with E-state index in [9.17, 15) is 14.4 Å². The molecule has 0 fully saturated rings. The number of hydrogen-bond acceptors (Lipinski definition) is 5. The smallest absolute Gasteiger partial charge is 0.310 e. The van der Waals surface area contributed by atoms with Crippen molar-refractivity contribution in [3.63, 3.8) is 0 Å². The van der Waals surface area contributed by atoms with E-state index < -0.39 is 18.5 Å². The maximum absolute atomic E-state index is 12.0. The van der Waals surface area contributed by atoms with E-state index in [-0.39, 0.29) is 18.9 Å². The zero-order valence-corrected chi connectivity index (χ0v) is 17.0. The third-order valence-electron chi connectivity index (χ3n) is 4.06. The maximum atomic E-state index is 12.0. The molecule has 2 N–H and O–H groups in total. The molecule has 0 aliphatic heterocycles. The van der Waals surface area contributed by atoms with Crippen LogP contribution in [0.25, 0.3) is 0 Å². The monoisotopic (exact) mass is 418 g/mol. The van der Waals surface area contributed by atoms with Crippen LogP contribution in [0.2, 0.25) is 5.02 Å². The average Bonchev–Trinajstić information content (AvgIpc) is 2.71. The van der Waals surface area contributed by atoms with E-state index in [1.54, 1.807) is 24.3 Å². The summed E-state index contributed by atoms with van der Waals surface area (Å²) in [7, 11) is 1.48. The Bertz CT molecular complexity index is 885. The van der Waals surface area contributed by atoms with Gasteiger partial charge in [-0.3, -0.25) is 14.4 Å². The summed E-state index contributed by atoms with van der Waals surface area (Å²) in [5.41, 5.74) is 2.26. The van der Waals surface area contributed by atoms with E-state index in [1.165, 1.54) is 7.11 Å². The Labute approximate surface area is 174 Å². The lowest BCUT2D eigenvalue weighted by atomic mass is 10.1. The van der Waals surface area contributed by atoms with Gasteiger partial charge < -0.3 is 20.1 Å². The number of rotatable bonds is 9. The largest absolute Gasteiger partial charge is 0.496 e. The number of carbonyl (C=O) groups excluding carboxylic acids is 3. The van der Waals surface area contributed by atoms with Crippen LogP contribution in [0.4, 0.5) is 5.69 Å². The third kappa shape index (κ3) is 7.12. The van der Waals surface area contributed by atoms with Gasteiger partial charge in [0.25, 0.3) is 5.91 Å². The number of benzene rings is 2. The lowest BCUT2D eigenvalue weighted by Gasteiger charge is -2.11. The normalized spacial score (nSPS) is 10.2. The van der Waals surface area contributed by atoms with Gasteiger partial charge in [0, 0.05) is 16.3 Å². The number of carbonyl (C=O) groups is 3. The molecular formula is C21H23ClN2O5. The van der Waals surface area contributed by atoms with Crippen LogP contribution in [0.1, 0.15) is 18.1 Å². The van der Waals surface area contributed by atoms with Crippen LogP contribution in [0, 0.1) is 0 Å². The van der Waals surface area contributed by atoms with Crippen molar-refractivity contribution in [3.05, 3.63) is 58.6 Å². The SMILES string of the molecule is CCc1ccccc1NC(=O)CNC(=O)COC(=O)Cc1cc(Cl)ccc1OC. The number of amides is 2. The maximum Gasteiger partial charge on any atom is 0.310 e. The summed E-state index contributed by atoms with van der Waals surface area (Å²) in [5.74, 6) is -1.05. The number of hydrogen-bond donors (Lipinski definition) is 2. The number of esters is 1. The molecule has 0 bridgehead atoms. The van der Waals surface area contributed by atoms with Gasteiger partial charge in [-0.15, -0.1) is 0 Å². The van der Waals surface area contributed by atoms with E-state index in [1.807, 2.05) is 25.1 Å². The molecule has 7 nitrogen and oxygen atoms in total. The van der Waals surface area contributed by atoms with Gasteiger partial charge in [0.05, 0.1) is 20.1 Å². The Morgan fingerprint density at radius 1 is 1.03 bits per heavy atom. The molecule has 2 aromatic rings. The molecule has 0 saturated heterocycles. The lowest BCUT2D eigenvalue weighted by molar-refractivity contribution is -0.147. The van der Waals surface area contributed by atoms with Gasteiger partial charge in [-0.05, 0) is 36.2 Å². The minimum Gasteiger partial charge on any atom is -0.496 e. The van der Waals surface area contributed by atoms with E-state index >= 15 is 0 Å². The number of nitrogens with one attached hydrogen (secondary N) is 2. The number of aryl methyl sites for hydroxylation is 1. The predicted molar refractivity (Wildman–Crippen MR) is 110 cm³/mol. The van der Waals surface area contributed by atoms with Crippen molar-refractivity contribution in [3.8, 4) is 5.75 Å². The van der Waals surface area contributed by atoms with E-state index in [0.29, 0.717) is 22.0 Å². The van der Waals surface area contributed by atoms with Crippen molar-refractivity contribution in [2.24, 2.45) is 0 Å². The summed E-state index contributed by atoms with van der Waals surface area (Å²) in [6.45, 7) is 1.27. The van der Waals surface area contributed by atoms with Gasteiger partial charge >= 0.3 is 5.97 Å². The number of halogens is 1. The predicted octanol–water partition coefficient (Wildman–Crippen LogP) is 2.75. The molecule has 0 radical (unpaired) electrons. The first-order valence-corrected chi connectivity index (χ1v) is 9.43. The van der Waals surface area contributed by atoms with Crippen LogP contribution in [0.3, 0.4) is 0 Å². The Balaban J connectivity index is 1.76. The fourth-order valence-corrected chi connectivity index (χ4v) is 2.81. The van der Waals surface area contributed by atoms with Crippen molar-refractivity contribution in [1.82, 2.24) is 5.32 Å². The molecule has 154 valence electrons. The van der Waals surface area contributed by atoms with Gasteiger partial charge in [-0.25, -0.2) is 0 Å². The summed E-state index contributed by atoms with van der Waals surface area (Å²) in [6.07, 6.45) is 0.682. The van der Waals surface area contributed by atoms with Crippen molar-refractivity contribution in [2.75, 3.05) is 25.6 Å². The van der Waals surface area contributed by atoms with Crippen LogP contribution >= 0.6 is 11.6 Å². The summed E-state index contributed by atoms with van der Waals surface area (Å²) in [5, 5.41) is 5.62. The Kier molecular flexibility index (Phi) is 8.48. The molecule has 0 aromatic heterocycles. The van der Waals surface area contributed by atoms with Gasteiger partial charge in [0.1, 0.15) is 5.75 Å².